The van der Waals surface area contributed by atoms with Gasteiger partial charge in [0, 0.05) is 47.2 Å². The fourth-order valence-corrected chi connectivity index (χ4v) is 4.06. The number of halogens is 1. The van der Waals surface area contributed by atoms with E-state index in [9.17, 15) is 0 Å². The Labute approximate surface area is 117 Å². The van der Waals surface area contributed by atoms with E-state index in [1.165, 1.54) is 15.0 Å². The fourth-order valence-electron chi connectivity index (χ4n) is 2.53. The van der Waals surface area contributed by atoms with Crippen LogP contribution in [0.3, 0.4) is 0 Å². The predicted molar refractivity (Wildman–Crippen MR) is 79.6 cm³/mol. The Morgan fingerprint density at radius 1 is 1.44 bits per heavy atom. The number of benzene rings is 1. The summed E-state index contributed by atoms with van der Waals surface area (Å²) in [4.78, 5) is 3.78. The van der Waals surface area contributed by atoms with Crippen LogP contribution in [-0.2, 0) is 6.54 Å². The van der Waals surface area contributed by atoms with E-state index in [0.29, 0.717) is 6.04 Å². The molecule has 1 aromatic carbocycles. The van der Waals surface area contributed by atoms with Crippen LogP contribution in [0.4, 0.5) is 0 Å². The van der Waals surface area contributed by atoms with Crippen molar-refractivity contribution in [3.8, 4) is 0 Å². The molecule has 18 heavy (non-hydrogen) atoms. The maximum atomic E-state index is 6.48. The Bertz CT molecular complexity index is 552. The Kier molecular flexibility index (Phi) is 3.57. The maximum Gasteiger partial charge on any atom is 0.0637 e. The number of hydrogen-bond donors (Lipinski definition) is 1. The topological polar surface area (TPSA) is 15.3 Å². The van der Waals surface area contributed by atoms with Crippen molar-refractivity contribution >= 4 is 33.0 Å². The molecule has 1 saturated heterocycles. The highest BCUT2D eigenvalue weighted by molar-refractivity contribution is 7.19. The third kappa shape index (κ3) is 2.41. The highest BCUT2D eigenvalue weighted by atomic mass is 35.5. The first-order valence-corrected chi connectivity index (χ1v) is 7.55. The zero-order valence-corrected chi connectivity index (χ0v) is 12.0. The van der Waals surface area contributed by atoms with Crippen LogP contribution in [0.2, 0.25) is 5.02 Å². The first-order valence-electron chi connectivity index (χ1n) is 6.35. The van der Waals surface area contributed by atoms with Gasteiger partial charge in [-0.05, 0) is 13.0 Å². The Morgan fingerprint density at radius 3 is 3.06 bits per heavy atom. The molecule has 2 aromatic rings. The van der Waals surface area contributed by atoms with E-state index in [4.69, 9.17) is 11.6 Å². The molecule has 3 rings (SSSR count). The fraction of sp³-hybridized carbons (Fsp3) is 0.429. The molecule has 0 bridgehead atoms. The van der Waals surface area contributed by atoms with E-state index in [2.05, 4.69) is 41.4 Å². The number of piperazine rings is 1. The average molecular weight is 281 g/mol. The quantitative estimate of drug-likeness (QED) is 0.908. The van der Waals surface area contributed by atoms with Gasteiger partial charge in [-0.25, -0.2) is 0 Å². The molecule has 1 unspecified atom stereocenters. The van der Waals surface area contributed by atoms with Crippen LogP contribution in [0, 0.1) is 0 Å². The third-order valence-electron chi connectivity index (χ3n) is 3.42. The van der Waals surface area contributed by atoms with Gasteiger partial charge in [0.05, 0.1) is 5.02 Å². The summed E-state index contributed by atoms with van der Waals surface area (Å²) in [5.41, 5.74) is 0. The number of hydrogen-bond acceptors (Lipinski definition) is 3. The lowest BCUT2D eigenvalue weighted by Gasteiger charge is -2.31. The van der Waals surface area contributed by atoms with Gasteiger partial charge in [0.2, 0.25) is 0 Å². The third-order valence-corrected chi connectivity index (χ3v) is 5.12. The molecule has 96 valence electrons. The van der Waals surface area contributed by atoms with Crippen molar-refractivity contribution < 1.29 is 0 Å². The van der Waals surface area contributed by atoms with E-state index < -0.39 is 0 Å². The van der Waals surface area contributed by atoms with E-state index in [-0.39, 0.29) is 0 Å². The van der Waals surface area contributed by atoms with Crippen molar-refractivity contribution in [2.45, 2.75) is 19.5 Å². The van der Waals surface area contributed by atoms with Gasteiger partial charge in [-0.3, -0.25) is 4.90 Å². The molecule has 0 spiro atoms. The summed E-state index contributed by atoms with van der Waals surface area (Å²) in [7, 11) is 0. The van der Waals surface area contributed by atoms with E-state index in [1.807, 2.05) is 11.3 Å². The standard InChI is InChI=1S/C14H17ClN2S/c1-10-8-17(7-6-16-10)9-13-14(15)11-4-2-3-5-12(11)18-13/h2-5,10,16H,6-9H2,1H3. The lowest BCUT2D eigenvalue weighted by atomic mass is 10.2. The lowest BCUT2D eigenvalue weighted by Crippen LogP contribution is -2.48. The number of nitrogens with one attached hydrogen (secondary N) is 1. The Balaban J connectivity index is 1.84. The Hall–Kier alpha value is -0.610. The van der Waals surface area contributed by atoms with Crippen LogP contribution >= 0.6 is 22.9 Å². The molecule has 0 radical (unpaired) electrons. The van der Waals surface area contributed by atoms with Crippen molar-refractivity contribution in [3.63, 3.8) is 0 Å². The SMILES string of the molecule is CC1CN(Cc2sc3ccccc3c2Cl)CCN1. The van der Waals surface area contributed by atoms with Gasteiger partial charge < -0.3 is 5.32 Å². The summed E-state index contributed by atoms with van der Waals surface area (Å²) in [5.74, 6) is 0. The highest BCUT2D eigenvalue weighted by Gasteiger charge is 2.18. The molecule has 1 aromatic heterocycles. The van der Waals surface area contributed by atoms with Gasteiger partial charge in [0.25, 0.3) is 0 Å². The molecular formula is C14H17ClN2S. The van der Waals surface area contributed by atoms with E-state index in [1.54, 1.807) is 0 Å². The van der Waals surface area contributed by atoms with E-state index >= 15 is 0 Å². The van der Waals surface area contributed by atoms with Gasteiger partial charge in [0.1, 0.15) is 0 Å². The smallest absolute Gasteiger partial charge is 0.0637 e. The highest BCUT2D eigenvalue weighted by Crippen LogP contribution is 2.35. The predicted octanol–water partition coefficient (Wildman–Crippen LogP) is 3.35. The van der Waals surface area contributed by atoms with Crippen molar-refractivity contribution in [1.29, 1.82) is 0 Å². The van der Waals surface area contributed by atoms with E-state index in [0.717, 1.165) is 31.2 Å². The molecule has 0 aliphatic carbocycles. The molecule has 0 amide bonds. The minimum atomic E-state index is 0.576. The lowest BCUT2D eigenvalue weighted by molar-refractivity contribution is 0.201. The van der Waals surface area contributed by atoms with Crippen LogP contribution in [-0.4, -0.2) is 30.6 Å². The summed E-state index contributed by atoms with van der Waals surface area (Å²) in [6, 6.07) is 8.96. The molecule has 1 aliphatic rings. The average Bonchev–Trinajstić information content (AvgIpc) is 2.67. The van der Waals surface area contributed by atoms with Crippen LogP contribution < -0.4 is 5.32 Å². The van der Waals surface area contributed by atoms with Crippen molar-refractivity contribution in [2.24, 2.45) is 0 Å². The van der Waals surface area contributed by atoms with Crippen molar-refractivity contribution in [3.05, 3.63) is 34.2 Å². The molecule has 1 atom stereocenters. The van der Waals surface area contributed by atoms with Gasteiger partial charge in [0.15, 0.2) is 0 Å². The van der Waals surface area contributed by atoms with Crippen LogP contribution in [0.1, 0.15) is 11.8 Å². The molecule has 2 heterocycles. The summed E-state index contributed by atoms with van der Waals surface area (Å²) in [6.07, 6.45) is 0. The maximum absolute atomic E-state index is 6.48. The molecule has 1 N–H and O–H groups in total. The first kappa shape index (κ1) is 12.4. The van der Waals surface area contributed by atoms with Gasteiger partial charge in [-0.2, -0.15) is 0 Å². The molecule has 4 heteroatoms. The largest absolute Gasteiger partial charge is 0.312 e. The number of rotatable bonds is 2. The second-order valence-corrected chi connectivity index (χ2v) is 6.44. The molecular weight excluding hydrogens is 264 g/mol. The van der Waals surface area contributed by atoms with Crippen molar-refractivity contribution in [1.82, 2.24) is 10.2 Å². The first-order chi connectivity index (χ1) is 8.74. The summed E-state index contributed by atoms with van der Waals surface area (Å²) in [5, 5.41) is 5.61. The van der Waals surface area contributed by atoms with Crippen LogP contribution in [0.15, 0.2) is 24.3 Å². The zero-order valence-electron chi connectivity index (χ0n) is 10.4. The summed E-state index contributed by atoms with van der Waals surface area (Å²) in [6.45, 7) is 6.49. The minimum Gasteiger partial charge on any atom is -0.312 e. The summed E-state index contributed by atoms with van der Waals surface area (Å²) < 4.78 is 1.29. The zero-order chi connectivity index (χ0) is 12.5. The monoisotopic (exact) mass is 280 g/mol. The van der Waals surface area contributed by atoms with Crippen LogP contribution in [0.5, 0.6) is 0 Å². The molecule has 0 saturated carbocycles. The summed E-state index contributed by atoms with van der Waals surface area (Å²) >= 11 is 8.31. The molecule has 1 aliphatic heterocycles. The normalized spacial score (nSPS) is 21.6. The van der Waals surface area contributed by atoms with Gasteiger partial charge in [-0.15, -0.1) is 11.3 Å². The van der Waals surface area contributed by atoms with Crippen LogP contribution in [0.25, 0.3) is 10.1 Å². The second kappa shape index (κ2) is 5.17. The Morgan fingerprint density at radius 2 is 2.28 bits per heavy atom. The molecule has 1 fully saturated rings. The van der Waals surface area contributed by atoms with Crippen molar-refractivity contribution in [2.75, 3.05) is 19.6 Å². The van der Waals surface area contributed by atoms with Gasteiger partial charge in [-0.1, -0.05) is 29.8 Å². The molecule has 2 nitrogen and oxygen atoms in total. The number of thiophene rings is 1. The number of fused-ring (bicyclic) bond motifs is 1. The van der Waals surface area contributed by atoms with Gasteiger partial charge >= 0.3 is 0 Å². The number of nitrogens with zero attached hydrogens (tertiary/aromatic N) is 1. The second-order valence-electron chi connectivity index (χ2n) is 4.93. The minimum absolute atomic E-state index is 0.576.